The molecule has 1 aliphatic carbocycles. The van der Waals surface area contributed by atoms with Gasteiger partial charge >= 0.3 is 6.18 Å². The molecule has 2 aromatic rings. The molecule has 6 heteroatoms. The number of halogens is 4. The van der Waals surface area contributed by atoms with E-state index in [2.05, 4.69) is 5.32 Å². The van der Waals surface area contributed by atoms with Crippen molar-refractivity contribution in [3.05, 3.63) is 64.7 Å². The molecular weight excluding hydrogens is 375 g/mol. The van der Waals surface area contributed by atoms with E-state index in [9.17, 15) is 18.0 Å². The molecule has 0 aliphatic heterocycles. The maximum atomic E-state index is 13.4. The second kappa shape index (κ2) is 7.93. The standard InChI is InChI=1S/C21H21ClF3NO/c1-13(21(23,24)25)19(16-7-9-17(22)10-8-16)20(27)26-18-4-2-3-15(12-18)11-14-5-6-14/h2-4,7-10,12-14,19H,5-6,11H2,1H3,(H,26,27). The molecule has 1 N–H and O–H groups in total. The molecule has 2 unspecified atom stereocenters. The molecule has 0 radical (unpaired) electrons. The fourth-order valence-corrected chi connectivity index (χ4v) is 3.30. The number of carbonyl (C=O) groups excluding carboxylic acids is 1. The van der Waals surface area contributed by atoms with Crippen molar-refractivity contribution in [3.63, 3.8) is 0 Å². The van der Waals surface area contributed by atoms with Gasteiger partial charge in [0.25, 0.3) is 0 Å². The second-order valence-electron chi connectivity index (χ2n) is 7.20. The largest absolute Gasteiger partial charge is 0.392 e. The molecule has 2 aromatic carbocycles. The number of alkyl halides is 3. The van der Waals surface area contributed by atoms with Crippen LogP contribution >= 0.6 is 11.6 Å². The van der Waals surface area contributed by atoms with Crippen molar-refractivity contribution < 1.29 is 18.0 Å². The quantitative estimate of drug-likeness (QED) is 0.618. The van der Waals surface area contributed by atoms with E-state index in [1.54, 1.807) is 6.07 Å². The molecule has 0 aromatic heterocycles. The predicted molar refractivity (Wildman–Crippen MR) is 101 cm³/mol. The molecule has 0 spiro atoms. The monoisotopic (exact) mass is 395 g/mol. The highest BCUT2D eigenvalue weighted by Crippen LogP contribution is 2.38. The fourth-order valence-electron chi connectivity index (χ4n) is 3.18. The topological polar surface area (TPSA) is 29.1 Å². The highest BCUT2D eigenvalue weighted by atomic mass is 35.5. The minimum atomic E-state index is -4.49. The summed E-state index contributed by atoms with van der Waals surface area (Å²) in [6.07, 6.45) is -1.14. The first-order valence-corrected chi connectivity index (χ1v) is 9.34. The van der Waals surface area contributed by atoms with Gasteiger partial charge in [0, 0.05) is 10.7 Å². The van der Waals surface area contributed by atoms with Crippen LogP contribution in [0.5, 0.6) is 0 Å². The van der Waals surface area contributed by atoms with Crippen LogP contribution in [0.25, 0.3) is 0 Å². The zero-order valence-corrected chi connectivity index (χ0v) is 15.6. The van der Waals surface area contributed by atoms with E-state index in [0.29, 0.717) is 16.6 Å². The minimum Gasteiger partial charge on any atom is -0.326 e. The summed E-state index contributed by atoms with van der Waals surface area (Å²) in [6, 6.07) is 13.3. The van der Waals surface area contributed by atoms with Gasteiger partial charge in [-0.2, -0.15) is 13.2 Å². The van der Waals surface area contributed by atoms with Crippen molar-refractivity contribution in [1.29, 1.82) is 0 Å². The van der Waals surface area contributed by atoms with Crippen LogP contribution in [0.15, 0.2) is 48.5 Å². The fraction of sp³-hybridized carbons (Fsp3) is 0.381. The van der Waals surface area contributed by atoms with Crippen LogP contribution in [-0.2, 0) is 11.2 Å². The molecule has 2 nitrogen and oxygen atoms in total. The smallest absolute Gasteiger partial charge is 0.326 e. The Hall–Kier alpha value is -2.01. The van der Waals surface area contributed by atoms with Gasteiger partial charge in [-0.15, -0.1) is 0 Å². The van der Waals surface area contributed by atoms with Crippen molar-refractivity contribution in [2.45, 2.75) is 38.3 Å². The summed E-state index contributed by atoms with van der Waals surface area (Å²) in [5.41, 5.74) is 1.89. The highest BCUT2D eigenvalue weighted by Gasteiger charge is 2.44. The van der Waals surface area contributed by atoms with E-state index in [0.717, 1.165) is 18.9 Å². The van der Waals surface area contributed by atoms with Gasteiger partial charge in [0.1, 0.15) is 0 Å². The molecule has 144 valence electrons. The zero-order valence-electron chi connectivity index (χ0n) is 14.9. The molecule has 0 saturated heterocycles. The van der Waals surface area contributed by atoms with Crippen LogP contribution in [0.1, 0.15) is 36.8 Å². The maximum Gasteiger partial charge on any atom is 0.392 e. The third-order valence-electron chi connectivity index (χ3n) is 4.94. The van der Waals surface area contributed by atoms with E-state index in [1.807, 2.05) is 18.2 Å². The van der Waals surface area contributed by atoms with E-state index >= 15 is 0 Å². The van der Waals surface area contributed by atoms with Crippen LogP contribution < -0.4 is 5.32 Å². The Morgan fingerprint density at radius 2 is 1.85 bits per heavy atom. The highest BCUT2D eigenvalue weighted by molar-refractivity contribution is 6.30. The summed E-state index contributed by atoms with van der Waals surface area (Å²) < 4.78 is 40.1. The third-order valence-corrected chi connectivity index (χ3v) is 5.20. The lowest BCUT2D eigenvalue weighted by Crippen LogP contribution is -2.34. The van der Waals surface area contributed by atoms with Crippen LogP contribution in [0.2, 0.25) is 5.02 Å². The molecule has 0 bridgehead atoms. The van der Waals surface area contributed by atoms with Gasteiger partial charge in [-0.3, -0.25) is 4.79 Å². The van der Waals surface area contributed by atoms with Gasteiger partial charge < -0.3 is 5.32 Å². The summed E-state index contributed by atoms with van der Waals surface area (Å²) in [4.78, 5) is 12.8. The summed E-state index contributed by atoms with van der Waals surface area (Å²) in [6.45, 7) is 1.03. The lowest BCUT2D eigenvalue weighted by Gasteiger charge is -2.26. The van der Waals surface area contributed by atoms with Crippen molar-refractivity contribution in [2.75, 3.05) is 5.32 Å². The number of hydrogen-bond acceptors (Lipinski definition) is 1. The summed E-state index contributed by atoms with van der Waals surface area (Å²) >= 11 is 5.84. The number of nitrogens with one attached hydrogen (secondary N) is 1. The Morgan fingerprint density at radius 1 is 1.19 bits per heavy atom. The van der Waals surface area contributed by atoms with Crippen LogP contribution in [0.3, 0.4) is 0 Å². The number of carbonyl (C=O) groups is 1. The van der Waals surface area contributed by atoms with Gasteiger partial charge in [-0.25, -0.2) is 0 Å². The maximum absolute atomic E-state index is 13.4. The Morgan fingerprint density at radius 3 is 2.44 bits per heavy atom. The summed E-state index contributed by atoms with van der Waals surface area (Å²) in [7, 11) is 0. The molecule has 0 heterocycles. The Balaban J connectivity index is 1.83. The number of benzene rings is 2. The third kappa shape index (κ3) is 5.25. The molecule has 27 heavy (non-hydrogen) atoms. The van der Waals surface area contributed by atoms with E-state index in [4.69, 9.17) is 11.6 Å². The van der Waals surface area contributed by atoms with Gasteiger partial charge in [-0.05, 0) is 60.6 Å². The van der Waals surface area contributed by atoms with Crippen molar-refractivity contribution in [1.82, 2.24) is 0 Å². The molecule has 1 saturated carbocycles. The van der Waals surface area contributed by atoms with Crippen LogP contribution in [0.4, 0.5) is 18.9 Å². The summed E-state index contributed by atoms with van der Waals surface area (Å²) in [5.74, 6) is -3.17. The van der Waals surface area contributed by atoms with Gasteiger partial charge in [0.15, 0.2) is 0 Å². The van der Waals surface area contributed by atoms with Crippen molar-refractivity contribution in [2.24, 2.45) is 11.8 Å². The van der Waals surface area contributed by atoms with E-state index in [-0.39, 0.29) is 5.56 Å². The number of amides is 1. The first-order valence-electron chi connectivity index (χ1n) is 8.96. The number of rotatable bonds is 6. The Labute approximate surface area is 161 Å². The van der Waals surface area contributed by atoms with Gasteiger partial charge in [0.05, 0.1) is 11.8 Å². The molecule has 2 atom stereocenters. The van der Waals surface area contributed by atoms with Crippen molar-refractivity contribution >= 4 is 23.2 Å². The average molecular weight is 396 g/mol. The van der Waals surface area contributed by atoms with Crippen LogP contribution in [-0.4, -0.2) is 12.1 Å². The second-order valence-corrected chi connectivity index (χ2v) is 7.63. The minimum absolute atomic E-state index is 0.288. The first-order chi connectivity index (χ1) is 12.7. The lowest BCUT2D eigenvalue weighted by atomic mass is 9.86. The van der Waals surface area contributed by atoms with Gasteiger partial charge in [0.2, 0.25) is 5.91 Å². The number of hydrogen-bond donors (Lipinski definition) is 1. The molecule has 1 aliphatic rings. The van der Waals surface area contributed by atoms with Gasteiger partial charge in [-0.1, -0.05) is 42.8 Å². The Bertz CT molecular complexity index is 800. The van der Waals surface area contributed by atoms with E-state index < -0.39 is 23.9 Å². The zero-order chi connectivity index (χ0) is 19.6. The lowest BCUT2D eigenvalue weighted by molar-refractivity contribution is -0.178. The van der Waals surface area contributed by atoms with Crippen molar-refractivity contribution in [3.8, 4) is 0 Å². The number of anilines is 1. The SMILES string of the molecule is CC(C(C(=O)Nc1cccc(CC2CC2)c1)c1ccc(Cl)cc1)C(F)(F)F. The first kappa shape index (κ1) is 19.7. The normalized spacial score (nSPS) is 16.6. The Kier molecular flexibility index (Phi) is 5.80. The predicted octanol–water partition coefficient (Wildman–Crippen LogP) is 6.21. The van der Waals surface area contributed by atoms with E-state index in [1.165, 1.54) is 37.1 Å². The molecule has 3 rings (SSSR count). The molecule has 1 amide bonds. The molecular formula is C21H21ClF3NO. The molecule has 1 fully saturated rings. The summed E-state index contributed by atoms with van der Waals surface area (Å²) in [5, 5.41) is 3.08. The van der Waals surface area contributed by atoms with Crippen LogP contribution in [0, 0.1) is 11.8 Å². The average Bonchev–Trinajstić information content (AvgIpc) is 3.40.